The molecular formula is C25H27F3N4O3. The summed E-state index contributed by atoms with van der Waals surface area (Å²) in [4.78, 5) is 22.3. The monoisotopic (exact) mass is 488 g/mol. The van der Waals surface area contributed by atoms with Crippen LogP contribution in [0.1, 0.15) is 41.2 Å². The summed E-state index contributed by atoms with van der Waals surface area (Å²) in [6, 6.07) is 11.5. The molecular weight excluding hydrogens is 461 g/mol. The van der Waals surface area contributed by atoms with E-state index >= 15 is 0 Å². The molecule has 1 amide bonds. The highest BCUT2D eigenvalue weighted by Gasteiger charge is 2.32. The second-order valence-corrected chi connectivity index (χ2v) is 9.10. The van der Waals surface area contributed by atoms with Crippen LogP contribution in [0.2, 0.25) is 0 Å². The highest BCUT2D eigenvalue weighted by molar-refractivity contribution is 6.09. The Kier molecular flexibility index (Phi) is 6.75. The topological polar surface area (TPSA) is 71.7 Å². The quantitative estimate of drug-likeness (QED) is 0.435. The first-order valence-electron chi connectivity index (χ1n) is 11.9. The predicted molar refractivity (Wildman–Crippen MR) is 123 cm³/mol. The number of rotatable bonds is 8. The molecule has 3 heterocycles. The number of aromatic nitrogens is 2. The number of carbonyl (C=O) groups excluding carboxylic acids is 1. The number of amides is 1. The molecule has 2 aromatic heterocycles. The van der Waals surface area contributed by atoms with Gasteiger partial charge in [-0.25, -0.2) is 4.98 Å². The van der Waals surface area contributed by atoms with Gasteiger partial charge in [-0.3, -0.25) is 9.69 Å². The van der Waals surface area contributed by atoms with Gasteiger partial charge in [0.1, 0.15) is 12.3 Å². The largest absolute Gasteiger partial charge is 0.411 e. The van der Waals surface area contributed by atoms with E-state index in [9.17, 15) is 18.0 Å². The minimum Gasteiger partial charge on any atom is -0.372 e. The minimum absolute atomic E-state index is 0.0628. The van der Waals surface area contributed by atoms with Gasteiger partial charge in [0.2, 0.25) is 0 Å². The van der Waals surface area contributed by atoms with Crippen LogP contribution in [0, 0.1) is 0 Å². The Labute approximate surface area is 200 Å². The Morgan fingerprint density at radius 1 is 1.11 bits per heavy atom. The van der Waals surface area contributed by atoms with E-state index < -0.39 is 12.8 Å². The summed E-state index contributed by atoms with van der Waals surface area (Å²) in [7, 11) is 0. The number of piperazine rings is 1. The van der Waals surface area contributed by atoms with Crippen LogP contribution >= 0.6 is 0 Å². The number of ether oxygens (including phenoxy) is 1. The number of hydrogen-bond donors (Lipinski definition) is 0. The van der Waals surface area contributed by atoms with Crippen LogP contribution in [0.15, 0.2) is 40.9 Å². The molecule has 1 saturated heterocycles. The lowest BCUT2D eigenvalue weighted by atomic mass is 10.0. The lowest BCUT2D eigenvalue weighted by Gasteiger charge is -2.35. The molecule has 0 spiro atoms. The maximum absolute atomic E-state index is 13.7. The Hall–Kier alpha value is -2.98. The molecule has 186 valence electrons. The Balaban J connectivity index is 1.28. The fraction of sp³-hybridized carbons (Fsp3) is 0.480. The number of benzene rings is 1. The van der Waals surface area contributed by atoms with Crippen LogP contribution in [0.5, 0.6) is 0 Å². The number of fused-ring (bicyclic) bond motifs is 1. The van der Waals surface area contributed by atoms with Crippen molar-refractivity contribution in [2.45, 2.75) is 31.4 Å². The zero-order chi connectivity index (χ0) is 24.4. The Morgan fingerprint density at radius 3 is 2.54 bits per heavy atom. The van der Waals surface area contributed by atoms with E-state index in [-0.39, 0.29) is 12.5 Å². The average molecular weight is 489 g/mol. The molecule has 35 heavy (non-hydrogen) atoms. The zero-order valence-electron chi connectivity index (χ0n) is 19.3. The normalized spacial score (nSPS) is 17.3. The molecule has 0 bridgehead atoms. The van der Waals surface area contributed by atoms with Crippen LogP contribution in [-0.4, -0.2) is 78.0 Å². The summed E-state index contributed by atoms with van der Waals surface area (Å²) in [5.74, 6) is 0.278. The zero-order valence-corrected chi connectivity index (χ0v) is 19.3. The van der Waals surface area contributed by atoms with Crippen molar-refractivity contribution in [3.05, 3.63) is 47.7 Å². The van der Waals surface area contributed by atoms with Crippen molar-refractivity contribution in [1.29, 1.82) is 0 Å². The molecule has 2 fully saturated rings. The van der Waals surface area contributed by atoms with E-state index in [1.807, 2.05) is 41.3 Å². The average Bonchev–Trinajstić information content (AvgIpc) is 3.62. The Morgan fingerprint density at radius 2 is 1.86 bits per heavy atom. The van der Waals surface area contributed by atoms with E-state index in [4.69, 9.17) is 4.52 Å². The number of nitrogens with zero attached hydrogens (tertiary/aromatic N) is 4. The lowest BCUT2D eigenvalue weighted by molar-refractivity contribution is -0.174. The molecule has 1 aliphatic carbocycles. The number of halogens is 3. The molecule has 0 N–H and O–H groups in total. The van der Waals surface area contributed by atoms with Gasteiger partial charge in [0, 0.05) is 56.5 Å². The second kappa shape index (κ2) is 9.94. The third kappa shape index (κ3) is 5.65. The lowest BCUT2D eigenvalue weighted by Crippen LogP contribution is -2.49. The van der Waals surface area contributed by atoms with Crippen LogP contribution in [0.25, 0.3) is 22.4 Å². The van der Waals surface area contributed by atoms with Crippen molar-refractivity contribution in [3.63, 3.8) is 0 Å². The number of alkyl halides is 3. The van der Waals surface area contributed by atoms with Gasteiger partial charge in [-0.15, -0.1) is 0 Å². The van der Waals surface area contributed by atoms with Crippen LogP contribution in [0.3, 0.4) is 0 Å². The maximum atomic E-state index is 13.7. The molecule has 0 unspecified atom stereocenters. The molecule has 1 aromatic carbocycles. The summed E-state index contributed by atoms with van der Waals surface area (Å²) in [5, 5.41) is 4.89. The number of hydrogen-bond acceptors (Lipinski definition) is 6. The van der Waals surface area contributed by atoms with Gasteiger partial charge < -0.3 is 14.2 Å². The molecule has 1 saturated carbocycles. The van der Waals surface area contributed by atoms with Crippen molar-refractivity contribution in [1.82, 2.24) is 19.9 Å². The SMILES string of the molecule is O=C(c1cc(C2CC2)nc2onc(-c3ccccc3)c12)N1CCN(CCCOCC(F)(F)F)CC1. The Bertz CT molecular complexity index is 1170. The highest BCUT2D eigenvalue weighted by Crippen LogP contribution is 2.41. The molecule has 3 aromatic rings. The van der Waals surface area contributed by atoms with E-state index in [2.05, 4.69) is 19.8 Å². The first kappa shape index (κ1) is 23.7. The van der Waals surface area contributed by atoms with E-state index in [1.54, 1.807) is 0 Å². The van der Waals surface area contributed by atoms with Gasteiger partial charge in [0.25, 0.3) is 11.6 Å². The van der Waals surface area contributed by atoms with Gasteiger partial charge >= 0.3 is 6.18 Å². The fourth-order valence-electron chi connectivity index (χ4n) is 4.44. The van der Waals surface area contributed by atoms with Crippen LogP contribution < -0.4 is 0 Å². The predicted octanol–water partition coefficient (Wildman–Crippen LogP) is 4.49. The van der Waals surface area contributed by atoms with E-state index in [1.165, 1.54) is 0 Å². The van der Waals surface area contributed by atoms with Gasteiger partial charge in [-0.05, 0) is 25.3 Å². The third-order valence-electron chi connectivity index (χ3n) is 6.43. The van der Waals surface area contributed by atoms with Gasteiger partial charge in [-0.2, -0.15) is 13.2 Å². The summed E-state index contributed by atoms with van der Waals surface area (Å²) >= 11 is 0. The molecule has 7 nitrogen and oxygen atoms in total. The second-order valence-electron chi connectivity index (χ2n) is 9.10. The molecule has 5 rings (SSSR count). The van der Waals surface area contributed by atoms with Gasteiger partial charge in [0.15, 0.2) is 0 Å². The van der Waals surface area contributed by atoms with Gasteiger partial charge in [-0.1, -0.05) is 35.5 Å². The van der Waals surface area contributed by atoms with Crippen molar-refractivity contribution in [2.24, 2.45) is 0 Å². The van der Waals surface area contributed by atoms with Crippen molar-refractivity contribution >= 4 is 17.0 Å². The molecule has 2 aliphatic rings. The summed E-state index contributed by atoms with van der Waals surface area (Å²) < 4.78 is 46.8. The molecule has 10 heteroatoms. The molecule has 0 radical (unpaired) electrons. The third-order valence-corrected chi connectivity index (χ3v) is 6.43. The molecule has 0 atom stereocenters. The van der Waals surface area contributed by atoms with Gasteiger partial charge in [0.05, 0.1) is 10.9 Å². The van der Waals surface area contributed by atoms with Crippen LogP contribution in [-0.2, 0) is 4.74 Å². The van der Waals surface area contributed by atoms with Crippen molar-refractivity contribution < 1.29 is 27.2 Å². The minimum atomic E-state index is -4.30. The first-order chi connectivity index (χ1) is 16.9. The highest BCUT2D eigenvalue weighted by atomic mass is 19.4. The fourth-order valence-corrected chi connectivity index (χ4v) is 4.44. The summed E-state index contributed by atoms with van der Waals surface area (Å²) in [5.41, 5.74) is 3.28. The number of pyridine rings is 1. The van der Waals surface area contributed by atoms with E-state index in [0.717, 1.165) is 24.1 Å². The summed E-state index contributed by atoms with van der Waals surface area (Å²) in [6.45, 7) is 1.87. The van der Waals surface area contributed by atoms with Crippen LogP contribution in [0.4, 0.5) is 13.2 Å². The first-order valence-corrected chi connectivity index (χ1v) is 11.9. The summed E-state index contributed by atoms with van der Waals surface area (Å²) in [6.07, 6.45) is -1.68. The number of carbonyl (C=O) groups is 1. The van der Waals surface area contributed by atoms with Crippen molar-refractivity contribution in [3.8, 4) is 11.3 Å². The standard InChI is InChI=1S/C25H27F3N4O3/c26-25(27,28)16-34-14-4-9-31-10-12-32(13-11-31)24(33)19-15-20(17-7-8-17)29-23-21(19)22(30-35-23)18-5-2-1-3-6-18/h1-3,5-6,15,17H,4,7-14,16H2. The smallest absolute Gasteiger partial charge is 0.372 e. The molecule has 1 aliphatic heterocycles. The van der Waals surface area contributed by atoms with E-state index in [0.29, 0.717) is 67.4 Å². The van der Waals surface area contributed by atoms with Crippen molar-refractivity contribution in [2.75, 3.05) is 45.9 Å². The maximum Gasteiger partial charge on any atom is 0.411 e.